The van der Waals surface area contributed by atoms with Crippen LogP contribution in [0.5, 0.6) is 11.5 Å². The number of phenols is 1. The van der Waals surface area contributed by atoms with Crippen molar-refractivity contribution < 1.29 is 14.2 Å². The predicted molar refractivity (Wildman–Crippen MR) is 93.9 cm³/mol. The first-order valence-electron chi connectivity index (χ1n) is 7.86. The molecule has 1 N–H and O–H groups in total. The number of aromatic hydroxyl groups is 1. The van der Waals surface area contributed by atoms with Crippen LogP contribution in [0.4, 0.5) is 4.39 Å². The van der Waals surface area contributed by atoms with Crippen LogP contribution < -0.4 is 4.74 Å². The highest BCUT2D eigenvalue weighted by molar-refractivity contribution is 5.63. The highest BCUT2D eigenvalue weighted by Crippen LogP contribution is 2.27. The molecule has 3 rings (SSSR count). The molecule has 0 atom stereocenters. The fraction of sp³-hybridized carbons (Fsp3) is 0.143. The van der Waals surface area contributed by atoms with E-state index in [2.05, 4.69) is 24.3 Å². The zero-order valence-electron chi connectivity index (χ0n) is 13.5. The summed E-state index contributed by atoms with van der Waals surface area (Å²) in [5, 5.41) is 9.63. The molecule has 0 amide bonds. The Kier molecular flexibility index (Phi) is 4.80. The molecule has 0 aliphatic carbocycles. The first-order valence-corrected chi connectivity index (χ1v) is 7.86. The summed E-state index contributed by atoms with van der Waals surface area (Å²) < 4.78 is 18.1. The van der Waals surface area contributed by atoms with Crippen LogP contribution in [0, 0.1) is 5.82 Å². The number of ether oxygens (including phenoxy) is 1. The largest absolute Gasteiger partial charge is 0.504 e. The van der Waals surface area contributed by atoms with Crippen LogP contribution in [0.3, 0.4) is 0 Å². The van der Waals surface area contributed by atoms with Crippen LogP contribution in [0.2, 0.25) is 0 Å². The molecule has 3 heteroatoms. The van der Waals surface area contributed by atoms with E-state index in [0.717, 1.165) is 29.5 Å². The van der Waals surface area contributed by atoms with Crippen LogP contribution in [-0.4, -0.2) is 12.2 Å². The molecule has 0 saturated heterocycles. The quantitative estimate of drug-likeness (QED) is 0.717. The summed E-state index contributed by atoms with van der Waals surface area (Å²) >= 11 is 0. The van der Waals surface area contributed by atoms with E-state index in [9.17, 15) is 9.50 Å². The van der Waals surface area contributed by atoms with E-state index in [4.69, 9.17) is 4.74 Å². The van der Waals surface area contributed by atoms with Gasteiger partial charge in [-0.1, -0.05) is 42.5 Å². The van der Waals surface area contributed by atoms with Crippen molar-refractivity contribution in [3.05, 3.63) is 83.7 Å². The molecule has 0 fully saturated rings. The Morgan fingerprint density at radius 1 is 0.792 bits per heavy atom. The Morgan fingerprint density at radius 2 is 1.33 bits per heavy atom. The van der Waals surface area contributed by atoms with Crippen molar-refractivity contribution in [2.75, 3.05) is 7.11 Å². The van der Waals surface area contributed by atoms with Crippen molar-refractivity contribution in [2.45, 2.75) is 12.8 Å². The third-order valence-corrected chi connectivity index (χ3v) is 4.08. The summed E-state index contributed by atoms with van der Waals surface area (Å²) in [7, 11) is 1.55. The molecule has 0 heterocycles. The minimum atomic E-state index is -0.223. The summed E-state index contributed by atoms with van der Waals surface area (Å²) in [4.78, 5) is 0. The van der Waals surface area contributed by atoms with E-state index in [1.54, 1.807) is 25.3 Å². The van der Waals surface area contributed by atoms with E-state index >= 15 is 0 Å². The molecule has 3 aromatic rings. The van der Waals surface area contributed by atoms with Crippen molar-refractivity contribution in [3.63, 3.8) is 0 Å². The lowest BCUT2D eigenvalue weighted by atomic mass is 10.00. The van der Waals surface area contributed by atoms with Crippen LogP contribution in [-0.2, 0) is 12.8 Å². The van der Waals surface area contributed by atoms with E-state index < -0.39 is 0 Å². The fourth-order valence-corrected chi connectivity index (χ4v) is 2.67. The lowest BCUT2D eigenvalue weighted by Crippen LogP contribution is -1.93. The number of hydrogen-bond acceptors (Lipinski definition) is 2. The molecule has 3 aromatic carbocycles. The summed E-state index contributed by atoms with van der Waals surface area (Å²) in [6.45, 7) is 0. The molecule has 0 aromatic heterocycles. The third-order valence-electron chi connectivity index (χ3n) is 4.08. The Morgan fingerprint density at radius 3 is 1.96 bits per heavy atom. The zero-order chi connectivity index (χ0) is 16.9. The molecule has 2 nitrogen and oxygen atoms in total. The average molecular weight is 322 g/mol. The second kappa shape index (κ2) is 7.18. The highest BCUT2D eigenvalue weighted by Gasteiger charge is 2.04. The van der Waals surface area contributed by atoms with Gasteiger partial charge in [-0.05, 0) is 59.4 Å². The van der Waals surface area contributed by atoms with Gasteiger partial charge in [-0.25, -0.2) is 4.39 Å². The molecule has 0 aliphatic rings. The van der Waals surface area contributed by atoms with E-state index in [0.29, 0.717) is 5.75 Å². The number of phenolic OH excluding ortho intramolecular Hbond substituents is 1. The summed E-state index contributed by atoms with van der Waals surface area (Å²) in [5.74, 6) is 0.434. The highest BCUT2D eigenvalue weighted by atomic mass is 19.1. The van der Waals surface area contributed by atoms with Gasteiger partial charge in [0.25, 0.3) is 0 Å². The standard InChI is InChI=1S/C21H19FO2/c1-24-21-14-16(6-13-20(21)23)3-2-15-4-7-17(8-5-15)18-9-11-19(22)12-10-18/h4-14,23H,2-3H2,1H3. The molecule has 24 heavy (non-hydrogen) atoms. The molecular formula is C21H19FO2. The van der Waals surface area contributed by atoms with Gasteiger partial charge >= 0.3 is 0 Å². The molecule has 0 unspecified atom stereocenters. The van der Waals surface area contributed by atoms with Crippen LogP contribution in [0.1, 0.15) is 11.1 Å². The number of halogens is 1. The van der Waals surface area contributed by atoms with Crippen LogP contribution in [0.15, 0.2) is 66.7 Å². The lowest BCUT2D eigenvalue weighted by Gasteiger charge is -2.08. The van der Waals surface area contributed by atoms with Crippen molar-refractivity contribution >= 4 is 0 Å². The van der Waals surface area contributed by atoms with Gasteiger partial charge in [0.05, 0.1) is 7.11 Å². The van der Waals surface area contributed by atoms with E-state index in [-0.39, 0.29) is 11.6 Å². The van der Waals surface area contributed by atoms with Crippen LogP contribution in [0.25, 0.3) is 11.1 Å². The van der Waals surface area contributed by atoms with Gasteiger partial charge in [0.1, 0.15) is 5.82 Å². The maximum absolute atomic E-state index is 13.0. The number of hydrogen-bond donors (Lipinski definition) is 1. The molecule has 0 saturated carbocycles. The summed E-state index contributed by atoms with van der Waals surface area (Å²) in [6.07, 6.45) is 1.77. The topological polar surface area (TPSA) is 29.5 Å². The maximum Gasteiger partial charge on any atom is 0.160 e. The molecule has 0 aliphatic heterocycles. The summed E-state index contributed by atoms with van der Waals surface area (Å²) in [5.41, 5.74) is 4.43. The molecule has 122 valence electrons. The Balaban J connectivity index is 1.67. The minimum absolute atomic E-state index is 0.157. The Bertz CT molecular complexity index is 808. The molecular weight excluding hydrogens is 303 g/mol. The fourth-order valence-electron chi connectivity index (χ4n) is 2.67. The zero-order valence-corrected chi connectivity index (χ0v) is 13.5. The van der Waals surface area contributed by atoms with Gasteiger partial charge in [0.2, 0.25) is 0 Å². The Labute approximate surface area is 141 Å². The number of methoxy groups -OCH3 is 1. The maximum atomic E-state index is 13.0. The summed E-state index contributed by atoms with van der Waals surface area (Å²) in [6, 6.07) is 20.2. The van der Waals surface area contributed by atoms with Gasteiger partial charge in [0, 0.05) is 0 Å². The molecule has 0 radical (unpaired) electrons. The second-order valence-electron chi connectivity index (χ2n) is 5.71. The minimum Gasteiger partial charge on any atom is -0.504 e. The monoisotopic (exact) mass is 322 g/mol. The van der Waals surface area contributed by atoms with Gasteiger partial charge in [-0.15, -0.1) is 0 Å². The van der Waals surface area contributed by atoms with Crippen LogP contribution >= 0.6 is 0 Å². The SMILES string of the molecule is COc1cc(CCc2ccc(-c3ccc(F)cc3)cc2)ccc1O. The average Bonchev–Trinajstić information content (AvgIpc) is 2.62. The van der Waals surface area contributed by atoms with E-state index in [1.165, 1.54) is 17.7 Å². The van der Waals surface area contributed by atoms with Gasteiger partial charge in [-0.2, -0.15) is 0 Å². The van der Waals surface area contributed by atoms with Crippen molar-refractivity contribution in [3.8, 4) is 22.6 Å². The number of benzene rings is 3. The van der Waals surface area contributed by atoms with Crippen molar-refractivity contribution in [1.29, 1.82) is 0 Å². The first kappa shape index (κ1) is 16.1. The first-order chi connectivity index (χ1) is 11.7. The van der Waals surface area contributed by atoms with Gasteiger partial charge in [-0.3, -0.25) is 0 Å². The Hall–Kier alpha value is -2.81. The van der Waals surface area contributed by atoms with Crippen molar-refractivity contribution in [1.82, 2.24) is 0 Å². The second-order valence-corrected chi connectivity index (χ2v) is 5.71. The third kappa shape index (κ3) is 3.74. The van der Waals surface area contributed by atoms with Gasteiger partial charge < -0.3 is 9.84 Å². The number of aryl methyl sites for hydroxylation is 2. The lowest BCUT2D eigenvalue weighted by molar-refractivity contribution is 0.373. The normalized spacial score (nSPS) is 10.6. The molecule has 0 spiro atoms. The van der Waals surface area contributed by atoms with E-state index in [1.807, 2.05) is 12.1 Å². The van der Waals surface area contributed by atoms with Gasteiger partial charge in [0.15, 0.2) is 11.5 Å². The van der Waals surface area contributed by atoms with Crippen molar-refractivity contribution in [2.24, 2.45) is 0 Å². The predicted octanol–water partition coefficient (Wildman–Crippen LogP) is 4.99. The number of rotatable bonds is 5. The molecule has 0 bridgehead atoms. The smallest absolute Gasteiger partial charge is 0.160 e.